The van der Waals surface area contributed by atoms with Gasteiger partial charge < -0.3 is 9.47 Å². The minimum atomic E-state index is 0.650. The maximum absolute atomic E-state index is 5.17. The summed E-state index contributed by atoms with van der Waals surface area (Å²) >= 11 is 0. The van der Waals surface area contributed by atoms with E-state index in [0.29, 0.717) is 13.1 Å². The number of rotatable bonds is 7. The van der Waals surface area contributed by atoms with Gasteiger partial charge >= 0.3 is 0 Å². The average Bonchev–Trinajstić information content (AvgIpc) is 2.58. The highest BCUT2D eigenvalue weighted by Crippen LogP contribution is 2.11. The number of benzene rings is 2. The highest BCUT2D eigenvalue weighted by molar-refractivity contribution is 5.81. The third kappa shape index (κ3) is 5.05. The molecule has 22 heavy (non-hydrogen) atoms. The van der Waals surface area contributed by atoms with Crippen LogP contribution in [0.15, 0.2) is 58.5 Å². The van der Waals surface area contributed by atoms with E-state index in [1.165, 1.54) is 0 Å². The monoisotopic (exact) mass is 296 g/mol. The topological polar surface area (TPSA) is 43.2 Å². The Kier molecular flexibility index (Phi) is 6.18. The van der Waals surface area contributed by atoms with Crippen LogP contribution in [-0.4, -0.2) is 39.7 Å². The molecule has 0 aliphatic carbocycles. The summed E-state index contributed by atoms with van der Waals surface area (Å²) in [6, 6.07) is 15.6. The summed E-state index contributed by atoms with van der Waals surface area (Å²) in [5.41, 5.74) is 2.05. The standard InChI is InChI=1S/C18H20N2O2/c1-21-17-7-3-5-15(11-17)13-19-9-10-20-14-16-6-4-8-18(12-16)22-2/h3-8,11-14H,9-10H2,1-2H3/b19-13+,20-14+. The molecule has 0 saturated heterocycles. The van der Waals surface area contributed by atoms with Crippen molar-refractivity contribution in [2.75, 3.05) is 27.3 Å². The van der Waals surface area contributed by atoms with Crippen molar-refractivity contribution in [2.45, 2.75) is 0 Å². The maximum Gasteiger partial charge on any atom is 0.119 e. The van der Waals surface area contributed by atoms with Gasteiger partial charge in [-0.3, -0.25) is 9.98 Å². The van der Waals surface area contributed by atoms with Crippen LogP contribution >= 0.6 is 0 Å². The van der Waals surface area contributed by atoms with Gasteiger partial charge in [-0.15, -0.1) is 0 Å². The van der Waals surface area contributed by atoms with Gasteiger partial charge in [-0.2, -0.15) is 0 Å². The van der Waals surface area contributed by atoms with Crippen LogP contribution in [0.1, 0.15) is 11.1 Å². The smallest absolute Gasteiger partial charge is 0.119 e. The van der Waals surface area contributed by atoms with Gasteiger partial charge in [-0.1, -0.05) is 24.3 Å². The molecule has 0 spiro atoms. The molecule has 2 aromatic carbocycles. The fourth-order valence-corrected chi connectivity index (χ4v) is 1.90. The zero-order chi connectivity index (χ0) is 15.6. The highest BCUT2D eigenvalue weighted by Gasteiger charge is 1.92. The van der Waals surface area contributed by atoms with Crippen molar-refractivity contribution < 1.29 is 9.47 Å². The van der Waals surface area contributed by atoms with Gasteiger partial charge in [0.2, 0.25) is 0 Å². The SMILES string of the molecule is COc1cccc(/C=N/CC/N=C/c2cccc(OC)c2)c1. The van der Waals surface area contributed by atoms with E-state index in [0.717, 1.165) is 22.6 Å². The Balaban J connectivity index is 1.80. The summed E-state index contributed by atoms with van der Waals surface area (Å²) in [6.07, 6.45) is 3.67. The van der Waals surface area contributed by atoms with Gasteiger partial charge in [0.25, 0.3) is 0 Å². The molecule has 0 N–H and O–H groups in total. The molecule has 2 aromatic rings. The molecule has 0 aliphatic heterocycles. The summed E-state index contributed by atoms with van der Waals surface area (Å²) in [4.78, 5) is 8.73. The fraction of sp³-hybridized carbons (Fsp3) is 0.222. The van der Waals surface area contributed by atoms with E-state index in [-0.39, 0.29) is 0 Å². The maximum atomic E-state index is 5.17. The quantitative estimate of drug-likeness (QED) is 0.581. The van der Waals surface area contributed by atoms with Crippen LogP contribution in [0.25, 0.3) is 0 Å². The zero-order valence-corrected chi connectivity index (χ0v) is 12.9. The van der Waals surface area contributed by atoms with E-state index in [1.54, 1.807) is 14.2 Å². The summed E-state index contributed by atoms with van der Waals surface area (Å²) < 4.78 is 10.3. The summed E-state index contributed by atoms with van der Waals surface area (Å²) in [5, 5.41) is 0. The summed E-state index contributed by atoms with van der Waals surface area (Å²) in [6.45, 7) is 1.30. The Morgan fingerprint density at radius 3 is 1.64 bits per heavy atom. The molecule has 0 heterocycles. The molecule has 0 saturated carbocycles. The first-order valence-corrected chi connectivity index (χ1v) is 7.09. The molecule has 2 rings (SSSR count). The number of nitrogens with zero attached hydrogens (tertiary/aromatic N) is 2. The number of hydrogen-bond donors (Lipinski definition) is 0. The largest absolute Gasteiger partial charge is 0.497 e. The van der Waals surface area contributed by atoms with Crippen molar-refractivity contribution in [3.05, 3.63) is 59.7 Å². The Morgan fingerprint density at radius 1 is 0.773 bits per heavy atom. The van der Waals surface area contributed by atoms with Gasteiger partial charge in [0.05, 0.1) is 27.3 Å². The summed E-state index contributed by atoms with van der Waals surface area (Å²) in [5.74, 6) is 1.67. The Labute approximate surface area is 131 Å². The van der Waals surface area contributed by atoms with Crippen LogP contribution in [0.2, 0.25) is 0 Å². The molecule has 0 bridgehead atoms. The van der Waals surface area contributed by atoms with Crippen molar-refractivity contribution >= 4 is 12.4 Å². The second kappa shape index (κ2) is 8.62. The number of methoxy groups -OCH3 is 2. The normalized spacial score (nSPS) is 11.2. The van der Waals surface area contributed by atoms with Crippen LogP contribution < -0.4 is 9.47 Å². The lowest BCUT2D eigenvalue weighted by Crippen LogP contribution is -1.91. The number of ether oxygens (including phenoxy) is 2. The second-order valence-corrected chi connectivity index (χ2v) is 4.62. The van der Waals surface area contributed by atoms with E-state index in [1.807, 2.05) is 61.0 Å². The van der Waals surface area contributed by atoms with Gasteiger partial charge in [0, 0.05) is 12.4 Å². The molecule has 0 aromatic heterocycles. The van der Waals surface area contributed by atoms with Crippen LogP contribution in [-0.2, 0) is 0 Å². The minimum absolute atomic E-state index is 0.650. The van der Waals surface area contributed by atoms with Crippen molar-refractivity contribution in [2.24, 2.45) is 9.98 Å². The average molecular weight is 296 g/mol. The number of hydrogen-bond acceptors (Lipinski definition) is 4. The summed E-state index contributed by atoms with van der Waals surface area (Å²) in [7, 11) is 3.31. The van der Waals surface area contributed by atoms with Crippen molar-refractivity contribution in [1.82, 2.24) is 0 Å². The lowest BCUT2D eigenvalue weighted by atomic mass is 10.2. The molecule has 0 radical (unpaired) electrons. The predicted molar refractivity (Wildman–Crippen MR) is 90.9 cm³/mol. The molecule has 4 nitrogen and oxygen atoms in total. The van der Waals surface area contributed by atoms with Crippen molar-refractivity contribution in [1.29, 1.82) is 0 Å². The van der Waals surface area contributed by atoms with Crippen molar-refractivity contribution in [3.63, 3.8) is 0 Å². The molecule has 114 valence electrons. The third-order valence-corrected chi connectivity index (χ3v) is 3.03. The first-order valence-electron chi connectivity index (χ1n) is 7.09. The predicted octanol–water partition coefficient (Wildman–Crippen LogP) is 3.24. The molecule has 0 unspecified atom stereocenters. The third-order valence-electron chi connectivity index (χ3n) is 3.03. The van der Waals surface area contributed by atoms with E-state index in [4.69, 9.17) is 9.47 Å². The lowest BCUT2D eigenvalue weighted by Gasteiger charge is -2.00. The molecule has 0 aliphatic rings. The zero-order valence-electron chi connectivity index (χ0n) is 12.9. The lowest BCUT2D eigenvalue weighted by molar-refractivity contribution is 0.414. The van der Waals surface area contributed by atoms with Crippen LogP contribution in [0.3, 0.4) is 0 Å². The van der Waals surface area contributed by atoms with Crippen LogP contribution in [0.5, 0.6) is 11.5 Å². The van der Waals surface area contributed by atoms with Gasteiger partial charge in [0.15, 0.2) is 0 Å². The molecule has 0 fully saturated rings. The van der Waals surface area contributed by atoms with Gasteiger partial charge in [-0.05, 0) is 35.4 Å². The van der Waals surface area contributed by atoms with Gasteiger partial charge in [-0.25, -0.2) is 0 Å². The molecule has 0 amide bonds. The first-order chi connectivity index (χ1) is 10.8. The van der Waals surface area contributed by atoms with E-state index in [9.17, 15) is 0 Å². The van der Waals surface area contributed by atoms with Gasteiger partial charge in [0.1, 0.15) is 11.5 Å². The Morgan fingerprint density at radius 2 is 1.23 bits per heavy atom. The molecular weight excluding hydrogens is 276 g/mol. The molecule has 0 atom stereocenters. The van der Waals surface area contributed by atoms with E-state index < -0.39 is 0 Å². The molecule has 4 heteroatoms. The van der Waals surface area contributed by atoms with E-state index >= 15 is 0 Å². The van der Waals surface area contributed by atoms with Crippen LogP contribution in [0, 0.1) is 0 Å². The second-order valence-electron chi connectivity index (χ2n) is 4.62. The molecular formula is C18H20N2O2. The fourth-order valence-electron chi connectivity index (χ4n) is 1.90. The van der Waals surface area contributed by atoms with E-state index in [2.05, 4.69) is 9.98 Å². The first kappa shape index (κ1) is 15.8. The Bertz CT molecular complexity index is 594. The minimum Gasteiger partial charge on any atom is -0.497 e. The highest BCUT2D eigenvalue weighted by atomic mass is 16.5. The van der Waals surface area contributed by atoms with Crippen LogP contribution in [0.4, 0.5) is 0 Å². The Hall–Kier alpha value is -2.62. The number of aliphatic imine (C=N–C) groups is 2. The van der Waals surface area contributed by atoms with Crippen molar-refractivity contribution in [3.8, 4) is 11.5 Å².